The van der Waals surface area contributed by atoms with E-state index in [4.69, 9.17) is 23.7 Å². The molecule has 0 saturated heterocycles. The summed E-state index contributed by atoms with van der Waals surface area (Å²) in [5.74, 6) is 0. The molecular formula is C10H15N3O2S. The number of hydrogen-bond acceptors (Lipinski definition) is 4. The standard InChI is InChI=1S/C10H15N3O2S/c11-5-8(14)9(15)6-3-1-2-4-7(6)13-10(12)16/h1-4,8-9,14-15H,5,11H2,(H3,12,13,16). The number of para-hydroxylation sites is 1. The second-order valence-corrected chi connectivity index (χ2v) is 3.76. The smallest absolute Gasteiger partial charge is 0.168 e. The Kier molecular flexibility index (Phi) is 4.63. The first kappa shape index (κ1) is 12.9. The van der Waals surface area contributed by atoms with Crippen molar-refractivity contribution < 1.29 is 10.2 Å². The lowest BCUT2D eigenvalue weighted by molar-refractivity contribution is 0.0248. The van der Waals surface area contributed by atoms with Gasteiger partial charge in [0.05, 0.1) is 6.10 Å². The van der Waals surface area contributed by atoms with Crippen LogP contribution in [0.4, 0.5) is 5.69 Å². The summed E-state index contributed by atoms with van der Waals surface area (Å²) >= 11 is 4.72. The van der Waals surface area contributed by atoms with Gasteiger partial charge in [0.1, 0.15) is 6.10 Å². The molecule has 5 nitrogen and oxygen atoms in total. The van der Waals surface area contributed by atoms with E-state index in [1.165, 1.54) is 0 Å². The first-order valence-corrected chi connectivity index (χ1v) is 5.18. The minimum Gasteiger partial charge on any atom is -0.389 e. The molecule has 0 bridgehead atoms. The largest absolute Gasteiger partial charge is 0.389 e. The summed E-state index contributed by atoms with van der Waals surface area (Å²) in [6.45, 7) is -0.0252. The maximum absolute atomic E-state index is 9.83. The first-order chi connectivity index (χ1) is 7.56. The highest BCUT2D eigenvalue weighted by Gasteiger charge is 2.19. The van der Waals surface area contributed by atoms with Crippen molar-refractivity contribution in [2.24, 2.45) is 11.5 Å². The highest BCUT2D eigenvalue weighted by atomic mass is 32.1. The van der Waals surface area contributed by atoms with Crippen LogP contribution in [-0.4, -0.2) is 28.0 Å². The maximum atomic E-state index is 9.83. The molecule has 0 aliphatic rings. The van der Waals surface area contributed by atoms with Gasteiger partial charge >= 0.3 is 0 Å². The van der Waals surface area contributed by atoms with Crippen molar-refractivity contribution in [3.05, 3.63) is 29.8 Å². The van der Waals surface area contributed by atoms with E-state index in [1.54, 1.807) is 24.3 Å². The van der Waals surface area contributed by atoms with E-state index < -0.39 is 12.2 Å². The average Bonchev–Trinajstić information content (AvgIpc) is 2.27. The van der Waals surface area contributed by atoms with Gasteiger partial charge in [0.2, 0.25) is 0 Å². The second kappa shape index (κ2) is 5.76. The summed E-state index contributed by atoms with van der Waals surface area (Å²) in [6.07, 6.45) is -2.09. The van der Waals surface area contributed by atoms with E-state index in [2.05, 4.69) is 5.32 Å². The zero-order chi connectivity index (χ0) is 12.1. The second-order valence-electron chi connectivity index (χ2n) is 3.32. The van der Waals surface area contributed by atoms with Crippen molar-refractivity contribution in [1.29, 1.82) is 0 Å². The predicted molar refractivity (Wildman–Crippen MR) is 66.9 cm³/mol. The molecule has 2 atom stereocenters. The Labute approximate surface area is 99.1 Å². The normalized spacial score (nSPS) is 14.2. The van der Waals surface area contributed by atoms with Crippen LogP contribution in [0.5, 0.6) is 0 Å². The molecule has 0 aromatic heterocycles. The topological polar surface area (TPSA) is 105 Å². The summed E-state index contributed by atoms with van der Waals surface area (Å²) < 4.78 is 0. The Morgan fingerprint density at radius 3 is 2.56 bits per heavy atom. The summed E-state index contributed by atoms with van der Waals surface area (Å²) in [7, 11) is 0. The molecule has 0 heterocycles. The van der Waals surface area contributed by atoms with E-state index >= 15 is 0 Å². The van der Waals surface area contributed by atoms with Crippen LogP contribution in [0.2, 0.25) is 0 Å². The van der Waals surface area contributed by atoms with E-state index in [9.17, 15) is 10.2 Å². The Morgan fingerprint density at radius 2 is 2.00 bits per heavy atom. The molecule has 6 heteroatoms. The summed E-state index contributed by atoms with van der Waals surface area (Å²) in [5.41, 5.74) is 11.7. The zero-order valence-corrected chi connectivity index (χ0v) is 9.45. The van der Waals surface area contributed by atoms with Crippen molar-refractivity contribution in [1.82, 2.24) is 0 Å². The summed E-state index contributed by atoms with van der Waals surface area (Å²) in [4.78, 5) is 0. The first-order valence-electron chi connectivity index (χ1n) is 4.78. The average molecular weight is 241 g/mol. The van der Waals surface area contributed by atoms with Gasteiger partial charge in [-0.05, 0) is 18.3 Å². The Bertz CT molecular complexity index is 373. The summed E-state index contributed by atoms with van der Waals surface area (Å²) in [5, 5.41) is 22.1. The molecule has 0 spiro atoms. The third-order valence-electron chi connectivity index (χ3n) is 2.14. The van der Waals surface area contributed by atoms with Gasteiger partial charge in [-0.3, -0.25) is 0 Å². The molecule has 1 aromatic rings. The van der Waals surface area contributed by atoms with Crippen molar-refractivity contribution in [2.45, 2.75) is 12.2 Å². The van der Waals surface area contributed by atoms with Crippen molar-refractivity contribution in [3.63, 3.8) is 0 Å². The SMILES string of the molecule is NCC(O)C(O)c1ccccc1NC(N)=S. The molecule has 0 fully saturated rings. The van der Waals surface area contributed by atoms with Crippen molar-refractivity contribution >= 4 is 23.0 Å². The van der Waals surface area contributed by atoms with Crippen LogP contribution >= 0.6 is 12.2 Å². The fraction of sp³-hybridized carbons (Fsp3) is 0.300. The number of benzene rings is 1. The number of aliphatic hydroxyl groups is 2. The van der Waals surface area contributed by atoms with Crippen LogP contribution in [0.1, 0.15) is 11.7 Å². The minimum absolute atomic E-state index is 0.0252. The fourth-order valence-corrected chi connectivity index (χ4v) is 1.45. The summed E-state index contributed by atoms with van der Waals surface area (Å²) in [6, 6.07) is 6.89. The molecule has 7 N–H and O–H groups in total. The molecule has 16 heavy (non-hydrogen) atoms. The van der Waals surface area contributed by atoms with Crippen molar-refractivity contribution in [2.75, 3.05) is 11.9 Å². The molecule has 2 unspecified atom stereocenters. The van der Waals surface area contributed by atoms with Crippen LogP contribution < -0.4 is 16.8 Å². The lowest BCUT2D eigenvalue weighted by Crippen LogP contribution is -2.28. The van der Waals surface area contributed by atoms with Crippen LogP contribution in [0.15, 0.2) is 24.3 Å². The molecule has 0 radical (unpaired) electrons. The molecule has 0 amide bonds. The van der Waals surface area contributed by atoms with E-state index in [0.717, 1.165) is 0 Å². The van der Waals surface area contributed by atoms with Gasteiger partial charge in [-0.25, -0.2) is 0 Å². The third-order valence-corrected chi connectivity index (χ3v) is 2.25. The molecule has 1 rings (SSSR count). The highest BCUT2D eigenvalue weighted by molar-refractivity contribution is 7.80. The molecule has 0 saturated carbocycles. The predicted octanol–water partition coefficient (Wildman–Crippen LogP) is -0.305. The molecular weight excluding hydrogens is 226 g/mol. The monoisotopic (exact) mass is 241 g/mol. The Morgan fingerprint density at radius 1 is 1.38 bits per heavy atom. The molecule has 0 aliphatic carbocycles. The lowest BCUT2D eigenvalue weighted by atomic mass is 10.0. The van der Waals surface area contributed by atoms with Gasteiger partial charge in [-0.2, -0.15) is 0 Å². The van der Waals surface area contributed by atoms with Crippen LogP contribution in [-0.2, 0) is 0 Å². The Balaban J connectivity index is 2.98. The van der Waals surface area contributed by atoms with Crippen LogP contribution in [0.3, 0.4) is 0 Å². The van der Waals surface area contributed by atoms with Gasteiger partial charge in [0, 0.05) is 17.8 Å². The lowest BCUT2D eigenvalue weighted by Gasteiger charge is -2.19. The van der Waals surface area contributed by atoms with Crippen LogP contribution in [0.25, 0.3) is 0 Å². The van der Waals surface area contributed by atoms with E-state index in [0.29, 0.717) is 11.3 Å². The van der Waals surface area contributed by atoms with Gasteiger partial charge < -0.3 is 27.0 Å². The molecule has 88 valence electrons. The number of hydrogen-bond donors (Lipinski definition) is 5. The van der Waals surface area contributed by atoms with Crippen molar-refractivity contribution in [3.8, 4) is 0 Å². The quantitative estimate of drug-likeness (QED) is 0.463. The van der Waals surface area contributed by atoms with E-state index in [-0.39, 0.29) is 11.7 Å². The van der Waals surface area contributed by atoms with Gasteiger partial charge in [0.25, 0.3) is 0 Å². The Hall–Kier alpha value is -1.21. The number of thiocarbonyl (C=S) groups is 1. The number of aliphatic hydroxyl groups excluding tert-OH is 2. The number of rotatable bonds is 4. The number of anilines is 1. The highest BCUT2D eigenvalue weighted by Crippen LogP contribution is 2.24. The number of nitrogens with one attached hydrogen (secondary N) is 1. The number of nitrogens with two attached hydrogens (primary N) is 2. The maximum Gasteiger partial charge on any atom is 0.168 e. The van der Waals surface area contributed by atoms with Gasteiger partial charge in [-0.1, -0.05) is 18.2 Å². The van der Waals surface area contributed by atoms with Gasteiger partial charge in [-0.15, -0.1) is 0 Å². The van der Waals surface area contributed by atoms with Gasteiger partial charge in [0.15, 0.2) is 5.11 Å². The van der Waals surface area contributed by atoms with E-state index in [1.807, 2.05) is 0 Å². The fourth-order valence-electron chi connectivity index (χ4n) is 1.34. The molecule has 0 aliphatic heterocycles. The minimum atomic E-state index is -1.07. The third kappa shape index (κ3) is 3.14. The van der Waals surface area contributed by atoms with Crippen LogP contribution in [0, 0.1) is 0 Å². The molecule has 1 aromatic carbocycles. The zero-order valence-electron chi connectivity index (χ0n) is 8.63.